The van der Waals surface area contributed by atoms with Gasteiger partial charge in [-0.3, -0.25) is 9.78 Å². The molecule has 2 heterocycles. The fourth-order valence-electron chi connectivity index (χ4n) is 2.06. The summed E-state index contributed by atoms with van der Waals surface area (Å²) in [4.78, 5) is 25.6. The van der Waals surface area contributed by atoms with Gasteiger partial charge in [0.25, 0.3) is 0 Å². The first-order chi connectivity index (χ1) is 10.4. The number of benzene rings is 1. The molecule has 0 unspecified atom stereocenters. The molecule has 0 atom stereocenters. The van der Waals surface area contributed by atoms with E-state index in [1.54, 1.807) is 32.0 Å². The smallest absolute Gasteiger partial charge is 0.230 e. The maximum atomic E-state index is 12.3. The van der Waals surface area contributed by atoms with Gasteiger partial charge in [0, 0.05) is 11.1 Å². The second-order valence-corrected chi connectivity index (χ2v) is 5.80. The minimum absolute atomic E-state index is 0.177. The van der Waals surface area contributed by atoms with Crippen LogP contribution in [0.15, 0.2) is 35.7 Å². The SMILES string of the molecule is CC1(C)ON=C(c2ccc(Cl)c(-c3cnc(N)cn3)c2)C1=O. The molecule has 0 amide bonds. The second kappa shape index (κ2) is 5.06. The maximum Gasteiger partial charge on any atom is 0.230 e. The van der Waals surface area contributed by atoms with Gasteiger partial charge in [0.15, 0.2) is 11.3 Å². The lowest BCUT2D eigenvalue weighted by Gasteiger charge is -2.12. The highest BCUT2D eigenvalue weighted by atomic mass is 35.5. The van der Waals surface area contributed by atoms with E-state index in [1.807, 2.05) is 0 Å². The van der Waals surface area contributed by atoms with Crippen molar-refractivity contribution in [2.45, 2.75) is 19.4 Å². The average molecular weight is 317 g/mol. The highest BCUT2D eigenvalue weighted by Gasteiger charge is 2.40. The highest BCUT2D eigenvalue weighted by molar-refractivity contribution is 6.49. The van der Waals surface area contributed by atoms with Gasteiger partial charge in [0.1, 0.15) is 5.82 Å². The number of Topliss-reactive ketones (excluding diaryl/α,β-unsaturated/α-hetero) is 1. The number of nitrogens with two attached hydrogens (primary N) is 1. The Balaban J connectivity index is 2.05. The van der Waals surface area contributed by atoms with Crippen LogP contribution in [0.1, 0.15) is 19.4 Å². The van der Waals surface area contributed by atoms with Crippen molar-refractivity contribution in [2.75, 3.05) is 5.73 Å². The predicted molar refractivity (Wildman–Crippen MR) is 83.6 cm³/mol. The number of oxime groups is 1. The molecule has 2 N–H and O–H groups in total. The van der Waals surface area contributed by atoms with Crippen molar-refractivity contribution in [1.82, 2.24) is 9.97 Å². The second-order valence-electron chi connectivity index (χ2n) is 5.39. The van der Waals surface area contributed by atoms with E-state index in [1.165, 1.54) is 12.4 Å². The Bertz CT molecular complexity index is 785. The van der Waals surface area contributed by atoms with Crippen molar-refractivity contribution in [3.05, 3.63) is 41.2 Å². The van der Waals surface area contributed by atoms with Gasteiger partial charge in [-0.05, 0) is 26.0 Å². The molecule has 0 spiro atoms. The quantitative estimate of drug-likeness (QED) is 0.919. The molecule has 0 saturated carbocycles. The van der Waals surface area contributed by atoms with Crippen LogP contribution in [0.2, 0.25) is 5.02 Å². The van der Waals surface area contributed by atoms with Crippen molar-refractivity contribution in [1.29, 1.82) is 0 Å². The molecule has 112 valence electrons. The Morgan fingerprint density at radius 2 is 2.00 bits per heavy atom. The molecule has 0 saturated heterocycles. The first-order valence-corrected chi connectivity index (χ1v) is 6.95. The van der Waals surface area contributed by atoms with Crippen LogP contribution < -0.4 is 5.73 Å². The number of aromatic nitrogens is 2. The lowest BCUT2D eigenvalue weighted by molar-refractivity contribution is -0.128. The van der Waals surface area contributed by atoms with Crippen molar-refractivity contribution in [3.8, 4) is 11.3 Å². The summed E-state index contributed by atoms with van der Waals surface area (Å²) in [7, 11) is 0. The van der Waals surface area contributed by atoms with Crippen molar-refractivity contribution in [2.24, 2.45) is 5.16 Å². The summed E-state index contributed by atoms with van der Waals surface area (Å²) in [5.74, 6) is 0.144. The molecule has 6 nitrogen and oxygen atoms in total. The maximum absolute atomic E-state index is 12.3. The van der Waals surface area contributed by atoms with Crippen LogP contribution in [0.3, 0.4) is 0 Å². The van der Waals surface area contributed by atoms with Crippen molar-refractivity contribution in [3.63, 3.8) is 0 Å². The van der Waals surface area contributed by atoms with E-state index in [0.717, 1.165) is 0 Å². The molecule has 0 radical (unpaired) electrons. The number of nitrogen functional groups attached to an aromatic ring is 1. The molecular weight excluding hydrogens is 304 g/mol. The number of nitrogens with zero attached hydrogens (tertiary/aromatic N) is 3. The fourth-order valence-corrected chi connectivity index (χ4v) is 2.27. The lowest BCUT2D eigenvalue weighted by atomic mass is 9.95. The number of carbonyl (C=O) groups excluding carboxylic acids is 1. The normalized spacial score (nSPS) is 16.3. The molecule has 0 bridgehead atoms. The molecule has 1 aliphatic heterocycles. The third kappa shape index (κ3) is 2.42. The van der Waals surface area contributed by atoms with Crippen LogP contribution in [0.25, 0.3) is 11.3 Å². The Kier molecular flexibility index (Phi) is 3.33. The summed E-state index contributed by atoms with van der Waals surface area (Å²) in [6.07, 6.45) is 2.97. The van der Waals surface area contributed by atoms with Crippen LogP contribution in [0.5, 0.6) is 0 Å². The number of hydrogen-bond donors (Lipinski definition) is 1. The number of ketones is 1. The zero-order valence-electron chi connectivity index (χ0n) is 12.0. The molecule has 7 heteroatoms. The molecule has 1 aromatic heterocycles. The minimum atomic E-state index is -0.948. The van der Waals surface area contributed by atoms with Gasteiger partial charge in [0.05, 0.1) is 23.1 Å². The first-order valence-electron chi connectivity index (χ1n) is 6.57. The summed E-state index contributed by atoms with van der Waals surface area (Å²) >= 11 is 6.21. The Hall–Kier alpha value is -2.47. The van der Waals surface area contributed by atoms with Gasteiger partial charge in [0.2, 0.25) is 5.78 Å². The van der Waals surface area contributed by atoms with Gasteiger partial charge >= 0.3 is 0 Å². The van der Waals surface area contributed by atoms with E-state index >= 15 is 0 Å². The summed E-state index contributed by atoms with van der Waals surface area (Å²) in [5.41, 5.74) is 6.68. The third-order valence-corrected chi connectivity index (χ3v) is 3.64. The first kappa shape index (κ1) is 14.5. The number of hydrogen-bond acceptors (Lipinski definition) is 6. The van der Waals surface area contributed by atoms with E-state index in [0.29, 0.717) is 27.7 Å². The standard InChI is InChI=1S/C15H13ClN4O2/c1-15(2)14(21)13(20-22-15)8-3-4-10(16)9(5-8)11-6-19-12(17)7-18-11/h3-7H,1-2H3,(H2,17,19). The summed E-state index contributed by atoms with van der Waals surface area (Å²) in [5, 5.41) is 4.38. The van der Waals surface area contributed by atoms with Crippen LogP contribution in [0.4, 0.5) is 5.82 Å². The van der Waals surface area contributed by atoms with E-state index in [2.05, 4.69) is 15.1 Å². The monoisotopic (exact) mass is 316 g/mol. The number of anilines is 1. The third-order valence-electron chi connectivity index (χ3n) is 3.31. The average Bonchev–Trinajstić information content (AvgIpc) is 2.75. The predicted octanol–water partition coefficient (Wildman–Crippen LogP) is 2.46. The Morgan fingerprint density at radius 1 is 1.23 bits per heavy atom. The Labute approximate surface area is 132 Å². The molecule has 3 rings (SSSR count). The van der Waals surface area contributed by atoms with Gasteiger partial charge < -0.3 is 10.6 Å². The summed E-state index contributed by atoms with van der Waals surface area (Å²) in [6, 6.07) is 5.15. The number of rotatable bonds is 2. The largest absolute Gasteiger partial charge is 0.382 e. The van der Waals surface area contributed by atoms with Gasteiger partial charge in [-0.25, -0.2) is 4.98 Å². The molecule has 0 aliphatic carbocycles. The molecular formula is C15H13ClN4O2. The Morgan fingerprint density at radius 3 is 2.59 bits per heavy atom. The van der Waals surface area contributed by atoms with Crippen molar-refractivity contribution >= 4 is 28.9 Å². The zero-order valence-corrected chi connectivity index (χ0v) is 12.8. The number of carbonyl (C=O) groups is 1. The molecule has 1 aromatic carbocycles. The zero-order chi connectivity index (χ0) is 15.9. The number of halogens is 1. The van der Waals surface area contributed by atoms with Crippen LogP contribution in [-0.2, 0) is 9.63 Å². The van der Waals surface area contributed by atoms with Gasteiger partial charge in [-0.15, -0.1) is 0 Å². The van der Waals surface area contributed by atoms with Crippen molar-refractivity contribution < 1.29 is 9.63 Å². The van der Waals surface area contributed by atoms with E-state index in [9.17, 15) is 4.79 Å². The fraction of sp³-hybridized carbons (Fsp3) is 0.200. The van der Waals surface area contributed by atoms with Crippen LogP contribution >= 0.6 is 11.6 Å². The highest BCUT2D eigenvalue weighted by Crippen LogP contribution is 2.30. The van der Waals surface area contributed by atoms with E-state index < -0.39 is 5.60 Å². The molecule has 1 aliphatic rings. The minimum Gasteiger partial charge on any atom is -0.382 e. The molecule has 2 aromatic rings. The van der Waals surface area contributed by atoms with Gasteiger partial charge in [-0.2, -0.15) is 0 Å². The summed E-state index contributed by atoms with van der Waals surface area (Å²) < 4.78 is 0. The summed E-state index contributed by atoms with van der Waals surface area (Å²) in [6.45, 7) is 3.35. The van der Waals surface area contributed by atoms with E-state index in [-0.39, 0.29) is 11.5 Å². The van der Waals surface area contributed by atoms with Crippen LogP contribution in [-0.4, -0.2) is 27.1 Å². The lowest BCUT2D eigenvalue weighted by Crippen LogP contribution is -2.33. The topological polar surface area (TPSA) is 90.5 Å². The molecule has 22 heavy (non-hydrogen) atoms. The van der Waals surface area contributed by atoms with E-state index in [4.69, 9.17) is 22.2 Å². The molecule has 0 fully saturated rings. The van der Waals surface area contributed by atoms with Crippen LogP contribution in [0, 0.1) is 0 Å². The van der Waals surface area contributed by atoms with Gasteiger partial charge in [-0.1, -0.05) is 22.8 Å².